The number of hydrogen-bond acceptors (Lipinski definition) is 4. The average molecular weight is 478 g/mol. The Morgan fingerprint density at radius 1 is 1.26 bits per heavy atom. The first-order valence-corrected chi connectivity index (χ1v) is 10.5. The third kappa shape index (κ3) is 5.24. The van der Waals surface area contributed by atoms with E-state index in [4.69, 9.17) is 9.84 Å². The largest absolute Gasteiger partial charge is 0.485 e. The minimum Gasteiger partial charge on any atom is -0.485 e. The van der Waals surface area contributed by atoms with Crippen molar-refractivity contribution in [2.45, 2.75) is 46.0 Å². The molecule has 3 N–H and O–H groups in total. The summed E-state index contributed by atoms with van der Waals surface area (Å²) in [6.45, 7) is 3.66. The smallest absolute Gasteiger partial charge is 0.405 e. The fourth-order valence-corrected chi connectivity index (χ4v) is 3.43. The number of pyridine rings is 1. The van der Waals surface area contributed by atoms with Gasteiger partial charge in [-0.25, -0.2) is 22.9 Å². The Balaban J connectivity index is 1.93. The highest BCUT2D eigenvalue weighted by Gasteiger charge is 2.27. The van der Waals surface area contributed by atoms with Gasteiger partial charge in [-0.2, -0.15) is 0 Å². The van der Waals surface area contributed by atoms with Crippen LogP contribution in [0.15, 0.2) is 30.5 Å². The molecule has 3 rings (SSSR count). The number of amides is 2. The number of halogens is 3. The molecular weight excluding hydrogens is 453 g/mol. The fraction of sp³-hybridized carbons (Fsp3) is 0.348. The van der Waals surface area contributed by atoms with Gasteiger partial charge in [-0.3, -0.25) is 9.20 Å². The van der Waals surface area contributed by atoms with E-state index in [2.05, 4.69) is 15.6 Å². The summed E-state index contributed by atoms with van der Waals surface area (Å²) in [6, 6.07) is 4.78. The van der Waals surface area contributed by atoms with Crippen LogP contribution in [0.25, 0.3) is 5.65 Å². The highest BCUT2D eigenvalue weighted by atomic mass is 19.1. The summed E-state index contributed by atoms with van der Waals surface area (Å²) in [7, 11) is 0. The molecule has 2 heterocycles. The van der Waals surface area contributed by atoms with Crippen molar-refractivity contribution >= 4 is 17.6 Å². The molecule has 1 atom stereocenters. The zero-order valence-electron chi connectivity index (χ0n) is 18.9. The van der Waals surface area contributed by atoms with Gasteiger partial charge in [0.25, 0.3) is 5.91 Å². The van der Waals surface area contributed by atoms with Gasteiger partial charge in [0.05, 0.1) is 16.8 Å². The molecule has 8 nitrogen and oxygen atoms in total. The normalized spacial score (nSPS) is 12.9. The Labute approximate surface area is 193 Å². The summed E-state index contributed by atoms with van der Waals surface area (Å²) in [5.41, 5.74) is -0.469. The Morgan fingerprint density at radius 3 is 2.53 bits per heavy atom. The van der Waals surface area contributed by atoms with E-state index in [-0.39, 0.29) is 34.8 Å². The Kier molecular flexibility index (Phi) is 7.33. The molecule has 0 radical (unpaired) electrons. The van der Waals surface area contributed by atoms with Crippen LogP contribution >= 0.6 is 0 Å². The zero-order chi connectivity index (χ0) is 25.0. The number of fused-ring (bicyclic) bond motifs is 1. The van der Waals surface area contributed by atoms with Crippen LogP contribution in [-0.4, -0.2) is 38.6 Å². The molecule has 3 aromatic rings. The Morgan fingerprint density at radius 2 is 1.94 bits per heavy atom. The van der Waals surface area contributed by atoms with Crippen LogP contribution in [0.1, 0.15) is 47.6 Å². The van der Waals surface area contributed by atoms with Gasteiger partial charge in [-0.1, -0.05) is 13.0 Å². The van der Waals surface area contributed by atoms with Crippen LogP contribution in [0.3, 0.4) is 0 Å². The van der Waals surface area contributed by atoms with Crippen molar-refractivity contribution in [2.75, 3.05) is 6.54 Å². The number of alkyl halides is 1. The molecule has 0 saturated carbocycles. The first-order chi connectivity index (χ1) is 16.1. The van der Waals surface area contributed by atoms with Crippen molar-refractivity contribution in [1.29, 1.82) is 0 Å². The van der Waals surface area contributed by atoms with Crippen LogP contribution in [-0.2, 0) is 13.3 Å². The van der Waals surface area contributed by atoms with Gasteiger partial charge < -0.3 is 20.5 Å². The molecule has 0 bridgehead atoms. The number of carbonyl (C=O) groups is 2. The highest BCUT2D eigenvalue weighted by Crippen LogP contribution is 2.26. The molecule has 0 saturated heterocycles. The quantitative estimate of drug-likeness (QED) is 0.429. The van der Waals surface area contributed by atoms with E-state index in [0.717, 1.165) is 12.1 Å². The fourth-order valence-electron chi connectivity index (χ4n) is 3.43. The summed E-state index contributed by atoms with van der Waals surface area (Å²) >= 11 is 0. The number of ether oxygens (including phenoxy) is 1. The summed E-state index contributed by atoms with van der Waals surface area (Å²) in [4.78, 5) is 28.4. The number of nitrogens with zero attached hydrogens (tertiary/aromatic N) is 2. The molecule has 0 aliphatic rings. The maximum Gasteiger partial charge on any atom is 0.405 e. The molecule has 0 spiro atoms. The summed E-state index contributed by atoms with van der Waals surface area (Å²) < 4.78 is 48.5. The molecule has 11 heteroatoms. The highest BCUT2D eigenvalue weighted by molar-refractivity contribution is 5.95. The first kappa shape index (κ1) is 24.9. The zero-order valence-corrected chi connectivity index (χ0v) is 18.9. The molecule has 34 heavy (non-hydrogen) atoms. The van der Waals surface area contributed by atoms with Crippen LogP contribution in [0.5, 0.6) is 5.75 Å². The SMILES string of the molecule is CCC(C)(CNC(=O)c1c(C)nc2c(OCc3c(F)cccc3F)cc(CF)cn12)NC(=O)O. The van der Waals surface area contributed by atoms with E-state index >= 15 is 0 Å². The number of benzene rings is 1. The second-order valence-corrected chi connectivity index (χ2v) is 8.10. The lowest BCUT2D eigenvalue weighted by atomic mass is 9.99. The average Bonchev–Trinajstić information content (AvgIpc) is 3.12. The van der Waals surface area contributed by atoms with Crippen molar-refractivity contribution in [3.05, 3.63) is 64.6 Å². The van der Waals surface area contributed by atoms with Crippen molar-refractivity contribution in [3.8, 4) is 5.75 Å². The molecule has 182 valence electrons. The topological polar surface area (TPSA) is 105 Å². The predicted octanol–water partition coefficient (Wildman–Crippen LogP) is 4.14. The van der Waals surface area contributed by atoms with Crippen LogP contribution in [0, 0.1) is 18.6 Å². The number of aromatic nitrogens is 2. The number of hydrogen-bond donors (Lipinski definition) is 3. The van der Waals surface area contributed by atoms with E-state index < -0.39 is 42.5 Å². The lowest BCUT2D eigenvalue weighted by Gasteiger charge is -2.28. The second-order valence-electron chi connectivity index (χ2n) is 8.10. The number of imidazole rings is 1. The molecule has 2 aromatic heterocycles. The molecule has 2 amide bonds. The summed E-state index contributed by atoms with van der Waals surface area (Å²) in [6.07, 6.45) is 0.586. The maximum absolute atomic E-state index is 14.0. The number of aryl methyl sites for hydroxylation is 1. The van der Waals surface area contributed by atoms with Gasteiger partial charge in [0.1, 0.15) is 30.6 Å². The minimum absolute atomic E-state index is 0.0000263. The van der Waals surface area contributed by atoms with Gasteiger partial charge in [-0.05, 0) is 38.5 Å². The summed E-state index contributed by atoms with van der Waals surface area (Å²) in [5, 5.41) is 14.1. The van der Waals surface area contributed by atoms with Crippen LogP contribution in [0.4, 0.5) is 18.0 Å². The van der Waals surface area contributed by atoms with Crippen LogP contribution < -0.4 is 15.4 Å². The lowest BCUT2D eigenvalue weighted by Crippen LogP contribution is -2.52. The van der Waals surface area contributed by atoms with E-state index in [1.54, 1.807) is 20.8 Å². The maximum atomic E-state index is 14.0. The molecule has 1 aromatic carbocycles. The van der Waals surface area contributed by atoms with Gasteiger partial charge in [0.2, 0.25) is 0 Å². The molecule has 0 aliphatic heterocycles. The first-order valence-electron chi connectivity index (χ1n) is 10.5. The second kappa shape index (κ2) is 10.0. The number of rotatable bonds is 9. The van der Waals surface area contributed by atoms with Gasteiger partial charge >= 0.3 is 6.09 Å². The summed E-state index contributed by atoms with van der Waals surface area (Å²) in [5.74, 6) is -2.08. The van der Waals surface area contributed by atoms with Crippen molar-refractivity contribution < 1.29 is 32.6 Å². The number of carboxylic acid groups (broad SMARTS) is 1. The Bertz CT molecular complexity index is 1210. The number of carbonyl (C=O) groups excluding carboxylic acids is 1. The standard InChI is InChI=1S/C23H25F3N4O4/c1-4-23(3,29-22(32)33)12-27-21(31)19-13(2)28-20-18(8-14(9-24)10-30(19)20)34-11-15-16(25)6-5-7-17(15)26/h5-8,10,29H,4,9,11-12H2,1-3H3,(H,27,31)(H,32,33). The lowest BCUT2D eigenvalue weighted by molar-refractivity contribution is 0.0930. The molecular formula is C23H25F3N4O4. The van der Waals surface area contributed by atoms with E-state index in [9.17, 15) is 22.8 Å². The Hall–Kier alpha value is -3.76. The van der Waals surface area contributed by atoms with Gasteiger partial charge in [-0.15, -0.1) is 0 Å². The van der Waals surface area contributed by atoms with Gasteiger partial charge in [0.15, 0.2) is 11.4 Å². The van der Waals surface area contributed by atoms with Gasteiger partial charge in [0, 0.05) is 18.3 Å². The van der Waals surface area contributed by atoms with Crippen molar-refractivity contribution in [2.24, 2.45) is 0 Å². The minimum atomic E-state index is -1.22. The number of nitrogens with one attached hydrogen (secondary N) is 2. The van der Waals surface area contributed by atoms with E-state index in [1.165, 1.54) is 22.7 Å². The monoisotopic (exact) mass is 478 g/mol. The van der Waals surface area contributed by atoms with Crippen LogP contribution in [0.2, 0.25) is 0 Å². The molecule has 1 unspecified atom stereocenters. The molecule has 0 fully saturated rings. The van der Waals surface area contributed by atoms with Crippen molar-refractivity contribution in [3.63, 3.8) is 0 Å². The van der Waals surface area contributed by atoms with E-state index in [0.29, 0.717) is 12.1 Å². The van der Waals surface area contributed by atoms with E-state index in [1.807, 2.05) is 0 Å². The predicted molar refractivity (Wildman–Crippen MR) is 118 cm³/mol. The van der Waals surface area contributed by atoms with Crippen molar-refractivity contribution in [1.82, 2.24) is 20.0 Å². The third-order valence-electron chi connectivity index (χ3n) is 5.55. The molecule has 0 aliphatic carbocycles. The third-order valence-corrected chi connectivity index (χ3v) is 5.55.